The first-order valence-corrected chi connectivity index (χ1v) is 9.34. The molecule has 0 bridgehead atoms. The van der Waals surface area contributed by atoms with Crippen LogP contribution in [0, 0.1) is 11.8 Å². The van der Waals surface area contributed by atoms with Gasteiger partial charge in [-0.2, -0.15) is 0 Å². The molecule has 0 spiro atoms. The van der Waals surface area contributed by atoms with Crippen LogP contribution in [0.4, 0.5) is 4.79 Å². The third-order valence-corrected chi connectivity index (χ3v) is 6.41. The van der Waals surface area contributed by atoms with Crippen molar-refractivity contribution in [1.82, 2.24) is 21.1 Å². The van der Waals surface area contributed by atoms with Crippen molar-refractivity contribution in [3.8, 4) is 0 Å². The molecule has 3 aliphatic rings. The number of benzene rings is 1. The third kappa shape index (κ3) is 3.09. The third-order valence-electron chi connectivity index (χ3n) is 5.26. The summed E-state index contributed by atoms with van der Waals surface area (Å²) in [5.41, 5.74) is 7.67. The first kappa shape index (κ1) is 15.7. The van der Waals surface area contributed by atoms with Gasteiger partial charge in [0.05, 0.1) is 4.95 Å². The lowest BCUT2D eigenvalue weighted by Crippen LogP contribution is -2.60. The monoisotopic (exact) mass is 398 g/mol. The zero-order valence-electron chi connectivity index (χ0n) is 12.6. The molecule has 5 nitrogen and oxygen atoms in total. The number of hydrogen-bond acceptors (Lipinski definition) is 3. The summed E-state index contributed by atoms with van der Waals surface area (Å²) in [5.74, 6) is 1.06. The average molecular weight is 400 g/mol. The Morgan fingerprint density at radius 2 is 2.13 bits per heavy atom. The zero-order chi connectivity index (χ0) is 16.0. The molecule has 1 aromatic carbocycles. The van der Waals surface area contributed by atoms with Crippen molar-refractivity contribution in [1.29, 1.82) is 0 Å². The lowest BCUT2D eigenvalue weighted by molar-refractivity contribution is 0.100. The SMILES string of the molecule is O=C1NC2CC3NNC(Br)C3CC2CN1Cc1cccc(Cl)c1. The lowest BCUT2D eigenvalue weighted by Gasteiger charge is -2.45. The van der Waals surface area contributed by atoms with Crippen molar-refractivity contribution in [2.75, 3.05) is 6.54 Å². The maximum absolute atomic E-state index is 12.4. The number of hydrazine groups is 1. The second kappa shape index (κ2) is 6.24. The van der Waals surface area contributed by atoms with E-state index in [2.05, 4.69) is 32.1 Å². The van der Waals surface area contributed by atoms with Gasteiger partial charge in [-0.3, -0.25) is 5.43 Å². The van der Waals surface area contributed by atoms with Gasteiger partial charge in [0.25, 0.3) is 0 Å². The Hall–Kier alpha value is -0.820. The predicted octanol–water partition coefficient (Wildman–Crippen LogP) is 2.46. The molecule has 3 fully saturated rings. The Morgan fingerprint density at radius 3 is 2.96 bits per heavy atom. The number of nitrogens with zero attached hydrogens (tertiary/aromatic N) is 1. The fourth-order valence-electron chi connectivity index (χ4n) is 4.09. The van der Waals surface area contributed by atoms with Crippen molar-refractivity contribution >= 4 is 33.6 Å². The van der Waals surface area contributed by atoms with Crippen LogP contribution in [-0.2, 0) is 6.54 Å². The fraction of sp³-hybridized carbons (Fsp3) is 0.562. The molecule has 3 N–H and O–H groups in total. The Kier molecular flexibility index (Phi) is 4.26. The van der Waals surface area contributed by atoms with Crippen LogP contribution in [0.2, 0.25) is 5.02 Å². The average Bonchev–Trinajstić information content (AvgIpc) is 2.87. The molecule has 7 heteroatoms. The number of halogens is 2. The molecular weight excluding hydrogens is 380 g/mol. The van der Waals surface area contributed by atoms with E-state index in [-0.39, 0.29) is 12.1 Å². The quantitative estimate of drug-likeness (QED) is 0.529. The van der Waals surface area contributed by atoms with Crippen LogP contribution >= 0.6 is 27.5 Å². The van der Waals surface area contributed by atoms with Gasteiger partial charge in [-0.15, -0.1) is 0 Å². The van der Waals surface area contributed by atoms with Gasteiger partial charge in [0.15, 0.2) is 0 Å². The number of amides is 2. The lowest BCUT2D eigenvalue weighted by atomic mass is 9.74. The normalized spacial score (nSPS) is 36.3. The molecule has 124 valence electrons. The summed E-state index contributed by atoms with van der Waals surface area (Å²) in [4.78, 5) is 14.7. The topological polar surface area (TPSA) is 56.4 Å². The number of alkyl halides is 1. The van der Waals surface area contributed by atoms with Crippen molar-refractivity contribution in [3.63, 3.8) is 0 Å². The summed E-state index contributed by atoms with van der Waals surface area (Å²) in [6.45, 7) is 1.42. The summed E-state index contributed by atoms with van der Waals surface area (Å²) < 4.78 is 0. The number of carbonyl (C=O) groups excluding carboxylic acids is 1. The fourth-order valence-corrected chi connectivity index (χ4v) is 5.02. The van der Waals surface area contributed by atoms with Crippen LogP contribution in [-0.4, -0.2) is 34.5 Å². The Bertz CT molecular complexity index is 615. The number of rotatable bonds is 2. The number of fused-ring (bicyclic) bond motifs is 2. The zero-order valence-corrected chi connectivity index (χ0v) is 15.0. The summed E-state index contributed by atoms with van der Waals surface area (Å²) in [6.07, 6.45) is 2.10. The van der Waals surface area contributed by atoms with Crippen LogP contribution in [0.15, 0.2) is 24.3 Å². The van der Waals surface area contributed by atoms with Gasteiger partial charge < -0.3 is 10.2 Å². The predicted molar refractivity (Wildman–Crippen MR) is 93.2 cm³/mol. The van der Waals surface area contributed by atoms with Crippen LogP contribution in [0.5, 0.6) is 0 Å². The summed E-state index contributed by atoms with van der Waals surface area (Å²) >= 11 is 9.74. The number of carbonyl (C=O) groups is 1. The van der Waals surface area contributed by atoms with E-state index in [1.54, 1.807) is 0 Å². The molecule has 1 saturated carbocycles. The van der Waals surface area contributed by atoms with E-state index in [0.29, 0.717) is 34.4 Å². The highest BCUT2D eigenvalue weighted by atomic mass is 79.9. The molecule has 5 atom stereocenters. The van der Waals surface area contributed by atoms with E-state index in [1.165, 1.54) is 0 Å². The second-order valence-electron chi connectivity index (χ2n) is 6.76. The van der Waals surface area contributed by atoms with E-state index in [1.807, 2.05) is 29.2 Å². The minimum Gasteiger partial charge on any atom is -0.335 e. The molecular formula is C16H20BrClN4O. The van der Waals surface area contributed by atoms with Crippen LogP contribution in [0.25, 0.3) is 0 Å². The van der Waals surface area contributed by atoms with Crippen molar-refractivity contribution in [2.45, 2.75) is 36.4 Å². The molecule has 1 aliphatic carbocycles. The smallest absolute Gasteiger partial charge is 0.317 e. The number of hydrogen-bond donors (Lipinski definition) is 3. The van der Waals surface area contributed by atoms with E-state index < -0.39 is 0 Å². The highest BCUT2D eigenvalue weighted by Crippen LogP contribution is 2.38. The van der Waals surface area contributed by atoms with Gasteiger partial charge in [-0.25, -0.2) is 10.2 Å². The van der Waals surface area contributed by atoms with Gasteiger partial charge >= 0.3 is 6.03 Å². The summed E-state index contributed by atoms with van der Waals surface area (Å²) in [6, 6.07) is 8.46. The standard InChI is InChI=1S/C16H20BrClN4O/c17-15-12-5-10-8-22(7-9-2-1-3-11(18)4-9)16(23)19-13(10)6-14(12)20-21-15/h1-4,10,12-15,20-21H,5-8H2,(H,19,23). The molecule has 23 heavy (non-hydrogen) atoms. The molecule has 4 rings (SSSR count). The Balaban J connectivity index is 1.46. The first-order valence-electron chi connectivity index (χ1n) is 8.05. The first-order chi connectivity index (χ1) is 11.1. The van der Waals surface area contributed by atoms with E-state index in [0.717, 1.165) is 24.9 Å². The molecule has 1 aromatic rings. The van der Waals surface area contributed by atoms with E-state index in [9.17, 15) is 4.79 Å². The molecule has 2 heterocycles. The minimum absolute atomic E-state index is 0.0334. The Morgan fingerprint density at radius 1 is 1.26 bits per heavy atom. The van der Waals surface area contributed by atoms with E-state index in [4.69, 9.17) is 11.6 Å². The van der Waals surface area contributed by atoms with Gasteiger partial charge in [-0.1, -0.05) is 39.7 Å². The van der Waals surface area contributed by atoms with Crippen LogP contribution in [0.1, 0.15) is 18.4 Å². The molecule has 2 saturated heterocycles. The summed E-state index contributed by atoms with van der Waals surface area (Å²) in [7, 11) is 0. The van der Waals surface area contributed by atoms with E-state index >= 15 is 0 Å². The molecule has 0 radical (unpaired) electrons. The largest absolute Gasteiger partial charge is 0.335 e. The van der Waals surface area contributed by atoms with Crippen molar-refractivity contribution in [3.05, 3.63) is 34.9 Å². The summed E-state index contributed by atoms with van der Waals surface area (Å²) in [5, 5.41) is 3.91. The van der Waals surface area contributed by atoms with Crippen LogP contribution in [0.3, 0.4) is 0 Å². The maximum atomic E-state index is 12.4. The number of nitrogens with one attached hydrogen (secondary N) is 3. The maximum Gasteiger partial charge on any atom is 0.317 e. The molecule has 2 amide bonds. The minimum atomic E-state index is 0.0334. The van der Waals surface area contributed by atoms with Gasteiger partial charge in [0.2, 0.25) is 0 Å². The van der Waals surface area contributed by atoms with Crippen molar-refractivity contribution < 1.29 is 4.79 Å². The molecule has 5 unspecified atom stereocenters. The molecule has 2 aliphatic heterocycles. The highest BCUT2D eigenvalue weighted by Gasteiger charge is 2.46. The van der Waals surface area contributed by atoms with Crippen LogP contribution < -0.4 is 16.2 Å². The van der Waals surface area contributed by atoms with Gasteiger partial charge in [0, 0.05) is 36.1 Å². The number of urea groups is 1. The van der Waals surface area contributed by atoms with Gasteiger partial charge in [0.1, 0.15) is 0 Å². The highest BCUT2D eigenvalue weighted by molar-refractivity contribution is 9.09. The van der Waals surface area contributed by atoms with Crippen molar-refractivity contribution in [2.24, 2.45) is 11.8 Å². The van der Waals surface area contributed by atoms with Gasteiger partial charge in [-0.05, 0) is 36.5 Å². The molecule has 0 aromatic heterocycles. The second-order valence-corrected chi connectivity index (χ2v) is 8.18. The Labute approximate surface area is 149 Å².